The smallest absolute Gasteiger partial charge is 0.253 e. The Morgan fingerprint density at radius 3 is 2.80 bits per heavy atom. The number of hydrogen-bond donors (Lipinski definition) is 3. The number of amides is 1. The van der Waals surface area contributed by atoms with Gasteiger partial charge in [-0.15, -0.1) is 0 Å². The molecule has 5 heteroatoms. The molecule has 20 heavy (non-hydrogen) atoms. The van der Waals surface area contributed by atoms with Gasteiger partial charge in [-0.05, 0) is 30.4 Å². The number of halogens is 1. The lowest BCUT2D eigenvalue weighted by molar-refractivity contribution is 0.0854. The van der Waals surface area contributed by atoms with Crippen molar-refractivity contribution in [1.29, 1.82) is 0 Å². The third-order valence-electron chi connectivity index (χ3n) is 4.22. The Hall–Kier alpha value is -1.62. The molecular formula is C15H22FN3O. The van der Waals surface area contributed by atoms with E-state index in [0.29, 0.717) is 0 Å². The first-order valence-electron chi connectivity index (χ1n) is 7.01. The van der Waals surface area contributed by atoms with Crippen LogP contribution in [0.5, 0.6) is 0 Å². The highest BCUT2D eigenvalue weighted by Crippen LogP contribution is 2.35. The van der Waals surface area contributed by atoms with E-state index in [1.807, 2.05) is 0 Å². The maximum atomic E-state index is 13.6. The van der Waals surface area contributed by atoms with Crippen LogP contribution in [0.4, 0.5) is 10.1 Å². The van der Waals surface area contributed by atoms with Gasteiger partial charge in [-0.25, -0.2) is 4.39 Å². The molecule has 110 valence electrons. The van der Waals surface area contributed by atoms with Gasteiger partial charge in [0.15, 0.2) is 0 Å². The van der Waals surface area contributed by atoms with Crippen LogP contribution >= 0.6 is 0 Å². The van der Waals surface area contributed by atoms with E-state index < -0.39 is 5.82 Å². The topological polar surface area (TPSA) is 67.2 Å². The molecule has 1 amide bonds. The molecule has 1 atom stereocenters. The second-order valence-electron chi connectivity index (χ2n) is 6.07. The van der Waals surface area contributed by atoms with E-state index in [1.165, 1.54) is 18.6 Å². The Morgan fingerprint density at radius 1 is 1.40 bits per heavy atom. The Kier molecular flexibility index (Phi) is 4.28. The molecule has 0 aliphatic heterocycles. The van der Waals surface area contributed by atoms with Crippen molar-refractivity contribution in [1.82, 2.24) is 5.32 Å². The number of nitrogens with one attached hydrogen (secondary N) is 2. The van der Waals surface area contributed by atoms with Crippen molar-refractivity contribution in [2.75, 3.05) is 5.43 Å². The molecule has 1 aromatic rings. The zero-order valence-corrected chi connectivity index (χ0v) is 12.0. The van der Waals surface area contributed by atoms with E-state index in [-0.39, 0.29) is 28.6 Å². The molecule has 1 unspecified atom stereocenters. The predicted molar refractivity (Wildman–Crippen MR) is 77.7 cm³/mol. The minimum atomic E-state index is -0.525. The summed E-state index contributed by atoms with van der Waals surface area (Å²) < 4.78 is 13.6. The minimum absolute atomic E-state index is 0.0404. The zero-order chi connectivity index (χ0) is 14.8. The fourth-order valence-electron chi connectivity index (χ4n) is 2.86. The third-order valence-corrected chi connectivity index (χ3v) is 4.22. The molecule has 1 aliphatic carbocycles. The monoisotopic (exact) mass is 279 g/mol. The molecule has 0 radical (unpaired) electrons. The van der Waals surface area contributed by atoms with Crippen molar-refractivity contribution in [2.24, 2.45) is 11.3 Å². The predicted octanol–water partition coefficient (Wildman–Crippen LogP) is 2.81. The fraction of sp³-hybridized carbons (Fsp3) is 0.533. The minimum Gasteiger partial charge on any atom is -0.349 e. The molecule has 0 heterocycles. The average Bonchev–Trinajstić information content (AvgIpc) is 2.40. The summed E-state index contributed by atoms with van der Waals surface area (Å²) in [5.74, 6) is 4.50. The van der Waals surface area contributed by atoms with Gasteiger partial charge in [0.05, 0.1) is 11.3 Å². The van der Waals surface area contributed by atoms with Gasteiger partial charge in [0.2, 0.25) is 0 Å². The SMILES string of the molecule is CC1(C)CCCCC1NC(=O)c1cccc(F)c1NN. The van der Waals surface area contributed by atoms with Crippen molar-refractivity contribution in [3.05, 3.63) is 29.6 Å². The summed E-state index contributed by atoms with van der Waals surface area (Å²) in [4.78, 5) is 12.4. The molecule has 0 aromatic heterocycles. The quantitative estimate of drug-likeness (QED) is 0.589. The van der Waals surface area contributed by atoms with E-state index in [9.17, 15) is 9.18 Å². The highest BCUT2D eigenvalue weighted by atomic mass is 19.1. The van der Waals surface area contributed by atoms with Crippen LogP contribution in [0.25, 0.3) is 0 Å². The summed E-state index contributed by atoms with van der Waals surface area (Å²) >= 11 is 0. The van der Waals surface area contributed by atoms with Gasteiger partial charge in [-0.1, -0.05) is 32.8 Å². The second kappa shape index (κ2) is 5.79. The van der Waals surface area contributed by atoms with Crippen molar-refractivity contribution in [2.45, 2.75) is 45.6 Å². The largest absolute Gasteiger partial charge is 0.349 e. The molecule has 1 aliphatic rings. The van der Waals surface area contributed by atoms with E-state index >= 15 is 0 Å². The third kappa shape index (κ3) is 2.93. The molecule has 0 bridgehead atoms. The number of rotatable bonds is 3. The second-order valence-corrected chi connectivity index (χ2v) is 6.07. The lowest BCUT2D eigenvalue weighted by Crippen LogP contribution is -2.47. The Balaban J connectivity index is 2.18. The number of nitrogens with two attached hydrogens (primary N) is 1. The van der Waals surface area contributed by atoms with Crippen molar-refractivity contribution < 1.29 is 9.18 Å². The van der Waals surface area contributed by atoms with Gasteiger partial charge in [0, 0.05) is 6.04 Å². The lowest BCUT2D eigenvalue weighted by Gasteiger charge is -2.39. The first-order valence-corrected chi connectivity index (χ1v) is 7.01. The standard InChI is InChI=1S/C15H22FN3O/c1-15(2)9-4-3-8-12(15)18-14(20)10-6-5-7-11(16)13(10)19-17/h5-7,12,19H,3-4,8-9,17H2,1-2H3,(H,18,20). The number of carbonyl (C=O) groups excluding carboxylic acids is 1. The maximum absolute atomic E-state index is 13.6. The molecule has 1 aromatic carbocycles. The molecule has 1 saturated carbocycles. The van der Waals surface area contributed by atoms with Gasteiger partial charge in [-0.2, -0.15) is 0 Å². The van der Waals surface area contributed by atoms with Crippen LogP contribution in [0.2, 0.25) is 0 Å². The lowest BCUT2D eigenvalue weighted by atomic mass is 9.73. The summed E-state index contributed by atoms with van der Waals surface area (Å²) in [6, 6.07) is 4.47. The highest BCUT2D eigenvalue weighted by molar-refractivity contribution is 5.99. The Labute approximate surface area is 118 Å². The van der Waals surface area contributed by atoms with E-state index in [2.05, 4.69) is 24.6 Å². The van der Waals surface area contributed by atoms with Gasteiger partial charge in [-0.3, -0.25) is 10.6 Å². The fourth-order valence-corrected chi connectivity index (χ4v) is 2.86. The molecule has 2 rings (SSSR count). The number of anilines is 1. The highest BCUT2D eigenvalue weighted by Gasteiger charge is 2.33. The van der Waals surface area contributed by atoms with Crippen molar-refractivity contribution in [3.8, 4) is 0 Å². The Morgan fingerprint density at radius 2 is 2.15 bits per heavy atom. The number of para-hydroxylation sites is 1. The van der Waals surface area contributed by atoms with Crippen LogP contribution in [0.1, 0.15) is 49.9 Å². The van der Waals surface area contributed by atoms with E-state index in [1.54, 1.807) is 6.07 Å². The van der Waals surface area contributed by atoms with Gasteiger partial charge in [0.1, 0.15) is 5.82 Å². The van der Waals surface area contributed by atoms with Gasteiger partial charge < -0.3 is 10.7 Å². The molecule has 0 spiro atoms. The van der Waals surface area contributed by atoms with Gasteiger partial charge in [0.25, 0.3) is 5.91 Å². The first-order chi connectivity index (χ1) is 9.45. The number of hydrazine groups is 1. The first kappa shape index (κ1) is 14.8. The van der Waals surface area contributed by atoms with Crippen molar-refractivity contribution >= 4 is 11.6 Å². The van der Waals surface area contributed by atoms with E-state index in [0.717, 1.165) is 19.3 Å². The summed E-state index contributed by atoms with van der Waals surface area (Å²) in [7, 11) is 0. The van der Waals surface area contributed by atoms with Crippen LogP contribution in [-0.4, -0.2) is 11.9 Å². The van der Waals surface area contributed by atoms with Crippen LogP contribution in [0.15, 0.2) is 18.2 Å². The van der Waals surface area contributed by atoms with Crippen LogP contribution < -0.4 is 16.6 Å². The molecule has 4 N–H and O–H groups in total. The number of benzene rings is 1. The normalized spacial score (nSPS) is 21.3. The van der Waals surface area contributed by atoms with Crippen molar-refractivity contribution in [3.63, 3.8) is 0 Å². The number of hydrogen-bond acceptors (Lipinski definition) is 3. The average molecular weight is 279 g/mol. The molecule has 0 saturated heterocycles. The van der Waals surface area contributed by atoms with Crippen LogP contribution in [0.3, 0.4) is 0 Å². The molecule has 4 nitrogen and oxygen atoms in total. The van der Waals surface area contributed by atoms with E-state index in [4.69, 9.17) is 5.84 Å². The zero-order valence-electron chi connectivity index (χ0n) is 12.0. The van der Waals surface area contributed by atoms with Crippen LogP contribution in [0, 0.1) is 11.2 Å². The van der Waals surface area contributed by atoms with Gasteiger partial charge >= 0.3 is 0 Å². The molecular weight excluding hydrogens is 257 g/mol. The number of carbonyl (C=O) groups is 1. The maximum Gasteiger partial charge on any atom is 0.253 e. The van der Waals surface area contributed by atoms with Crippen LogP contribution in [-0.2, 0) is 0 Å². The molecule has 1 fully saturated rings. The Bertz CT molecular complexity index is 502. The summed E-state index contributed by atoms with van der Waals surface area (Å²) in [5, 5.41) is 3.03. The summed E-state index contributed by atoms with van der Waals surface area (Å²) in [6.45, 7) is 4.32. The number of nitrogen functional groups attached to an aromatic ring is 1. The summed E-state index contributed by atoms with van der Waals surface area (Å²) in [5.41, 5.74) is 2.62. The summed E-state index contributed by atoms with van der Waals surface area (Å²) in [6.07, 6.45) is 4.34.